The van der Waals surface area contributed by atoms with Crippen LogP contribution in [0.2, 0.25) is 0 Å². The highest BCUT2D eigenvalue weighted by Gasteiger charge is 2.16. The first-order chi connectivity index (χ1) is 13.9. The number of furan rings is 1. The summed E-state index contributed by atoms with van der Waals surface area (Å²) in [5.74, 6) is 0.416. The summed E-state index contributed by atoms with van der Waals surface area (Å²) < 4.78 is 10.9. The number of ether oxygens (including phenoxy) is 1. The van der Waals surface area contributed by atoms with E-state index in [0.29, 0.717) is 22.3 Å². The maximum absolute atomic E-state index is 12.1. The van der Waals surface area contributed by atoms with E-state index < -0.39 is 17.4 Å². The molecule has 11 heteroatoms. The van der Waals surface area contributed by atoms with Crippen molar-refractivity contribution in [3.05, 3.63) is 57.7 Å². The smallest absolute Gasteiger partial charge is 0.310 e. The Labute approximate surface area is 168 Å². The lowest BCUT2D eigenvalue weighted by molar-refractivity contribution is -0.385. The van der Waals surface area contributed by atoms with Gasteiger partial charge in [-0.25, -0.2) is 4.98 Å². The predicted octanol–water partition coefficient (Wildman–Crippen LogP) is 2.96. The molecule has 2 amide bonds. The summed E-state index contributed by atoms with van der Waals surface area (Å²) >= 11 is 1.19. The third-order valence-corrected chi connectivity index (χ3v) is 4.35. The quantitative estimate of drug-likeness (QED) is 0.425. The van der Waals surface area contributed by atoms with Crippen molar-refractivity contribution in [3.63, 3.8) is 0 Å². The Morgan fingerprint density at radius 1 is 1.28 bits per heavy atom. The molecule has 2 N–H and O–H groups in total. The van der Waals surface area contributed by atoms with E-state index in [-0.39, 0.29) is 23.9 Å². The molecule has 0 spiro atoms. The van der Waals surface area contributed by atoms with Crippen molar-refractivity contribution < 1.29 is 23.7 Å². The summed E-state index contributed by atoms with van der Waals surface area (Å²) in [5, 5.41) is 18.2. The molecule has 2 aromatic heterocycles. The zero-order valence-electron chi connectivity index (χ0n) is 15.2. The van der Waals surface area contributed by atoms with Crippen molar-refractivity contribution in [2.24, 2.45) is 0 Å². The number of carbonyl (C=O) groups excluding carboxylic acids is 2. The van der Waals surface area contributed by atoms with Gasteiger partial charge in [0.25, 0.3) is 5.91 Å². The van der Waals surface area contributed by atoms with Gasteiger partial charge in [-0.2, -0.15) is 0 Å². The Kier molecular flexibility index (Phi) is 6.19. The molecule has 0 radical (unpaired) electrons. The maximum Gasteiger partial charge on any atom is 0.310 e. The average molecular weight is 416 g/mol. The van der Waals surface area contributed by atoms with Crippen LogP contribution in [0.1, 0.15) is 12.7 Å². The molecule has 0 atom stereocenters. The number of thiazole rings is 1. The molecule has 3 aromatic rings. The highest BCUT2D eigenvalue weighted by molar-refractivity contribution is 7.14. The lowest BCUT2D eigenvalue weighted by Crippen LogP contribution is -2.20. The topological polar surface area (TPSA) is 137 Å². The zero-order valence-corrected chi connectivity index (χ0v) is 16.0. The van der Waals surface area contributed by atoms with E-state index >= 15 is 0 Å². The number of aromatic nitrogens is 1. The van der Waals surface area contributed by atoms with Crippen LogP contribution in [-0.4, -0.2) is 28.3 Å². The first-order valence-electron chi connectivity index (χ1n) is 8.37. The number of hydrogen-bond acceptors (Lipinski definition) is 8. The number of rotatable bonds is 8. The summed E-state index contributed by atoms with van der Waals surface area (Å²) in [6.07, 6.45) is 0. The summed E-state index contributed by atoms with van der Waals surface area (Å²) in [4.78, 5) is 37.7. The number of benzene rings is 1. The summed E-state index contributed by atoms with van der Waals surface area (Å²) in [6, 6.07) is 9.25. The number of carbonyl (C=O) groups is 2. The van der Waals surface area contributed by atoms with Crippen molar-refractivity contribution in [3.8, 4) is 17.2 Å². The Balaban J connectivity index is 1.57. The molecular weight excluding hydrogens is 400 g/mol. The SMILES string of the molecule is CC(=O)NCc1ccc(-c2csc(NC(=O)COc3ccccc3[N+](=O)[O-])n2)o1. The van der Waals surface area contributed by atoms with Crippen LogP contribution in [0.4, 0.5) is 10.8 Å². The van der Waals surface area contributed by atoms with Gasteiger partial charge >= 0.3 is 5.69 Å². The van der Waals surface area contributed by atoms with E-state index in [1.807, 2.05) is 0 Å². The molecular formula is C18H16N4O6S. The van der Waals surface area contributed by atoms with E-state index in [0.717, 1.165) is 0 Å². The van der Waals surface area contributed by atoms with E-state index in [2.05, 4.69) is 15.6 Å². The highest BCUT2D eigenvalue weighted by atomic mass is 32.1. The third kappa shape index (κ3) is 5.39. The molecule has 0 fully saturated rings. The van der Waals surface area contributed by atoms with Crippen molar-refractivity contribution in [2.45, 2.75) is 13.5 Å². The maximum atomic E-state index is 12.1. The van der Waals surface area contributed by atoms with Crippen LogP contribution in [0.5, 0.6) is 5.75 Å². The summed E-state index contributed by atoms with van der Waals surface area (Å²) in [5.41, 5.74) is 0.309. The second kappa shape index (κ2) is 8.97. The highest BCUT2D eigenvalue weighted by Crippen LogP contribution is 2.27. The van der Waals surface area contributed by atoms with Gasteiger partial charge in [0.05, 0.1) is 11.5 Å². The van der Waals surface area contributed by atoms with Gasteiger partial charge in [-0.15, -0.1) is 11.3 Å². The fourth-order valence-electron chi connectivity index (χ4n) is 2.30. The Hall–Kier alpha value is -3.73. The van der Waals surface area contributed by atoms with Crippen molar-refractivity contribution >= 4 is 34.0 Å². The van der Waals surface area contributed by atoms with Crippen LogP contribution in [0, 0.1) is 10.1 Å². The van der Waals surface area contributed by atoms with Gasteiger partial charge < -0.3 is 14.5 Å². The third-order valence-electron chi connectivity index (χ3n) is 3.60. The molecule has 0 aliphatic heterocycles. The predicted molar refractivity (Wildman–Crippen MR) is 105 cm³/mol. The van der Waals surface area contributed by atoms with Gasteiger partial charge in [-0.1, -0.05) is 12.1 Å². The summed E-state index contributed by atoms with van der Waals surface area (Å²) in [7, 11) is 0. The number of anilines is 1. The molecule has 0 bridgehead atoms. The Bertz CT molecular complexity index is 1040. The average Bonchev–Trinajstić information content (AvgIpc) is 3.34. The van der Waals surface area contributed by atoms with Crippen LogP contribution < -0.4 is 15.4 Å². The minimum atomic E-state index is -0.579. The van der Waals surface area contributed by atoms with Crippen LogP contribution in [0.25, 0.3) is 11.5 Å². The molecule has 150 valence electrons. The summed E-state index contributed by atoms with van der Waals surface area (Å²) in [6.45, 7) is 1.28. The van der Waals surface area contributed by atoms with Crippen molar-refractivity contribution in [2.75, 3.05) is 11.9 Å². The van der Waals surface area contributed by atoms with E-state index in [9.17, 15) is 19.7 Å². The number of hydrogen-bond donors (Lipinski definition) is 2. The van der Waals surface area contributed by atoms with Gasteiger partial charge in [-0.3, -0.25) is 25.0 Å². The molecule has 2 heterocycles. The molecule has 29 heavy (non-hydrogen) atoms. The lowest BCUT2D eigenvalue weighted by Gasteiger charge is -2.06. The standard InChI is InChI=1S/C18H16N4O6S/c1-11(23)19-8-12-6-7-15(28-12)13-10-29-18(20-13)21-17(24)9-27-16-5-3-2-4-14(16)22(25)26/h2-7,10H,8-9H2,1H3,(H,19,23)(H,20,21,24). The monoisotopic (exact) mass is 416 g/mol. The molecule has 0 saturated carbocycles. The Morgan fingerprint density at radius 2 is 2.07 bits per heavy atom. The number of nitrogens with zero attached hydrogens (tertiary/aromatic N) is 2. The number of amides is 2. The first kappa shape index (κ1) is 20.0. The first-order valence-corrected chi connectivity index (χ1v) is 9.25. The van der Waals surface area contributed by atoms with Gasteiger partial charge in [0.15, 0.2) is 23.2 Å². The second-order valence-electron chi connectivity index (χ2n) is 5.78. The van der Waals surface area contributed by atoms with Crippen LogP contribution in [-0.2, 0) is 16.1 Å². The number of nitro benzene ring substituents is 1. The fourth-order valence-corrected chi connectivity index (χ4v) is 3.01. The molecule has 0 aliphatic carbocycles. The van der Waals surface area contributed by atoms with Crippen molar-refractivity contribution in [1.29, 1.82) is 0 Å². The second-order valence-corrected chi connectivity index (χ2v) is 6.63. The minimum Gasteiger partial charge on any atom is -0.477 e. The molecule has 0 saturated heterocycles. The molecule has 3 rings (SSSR count). The zero-order chi connectivity index (χ0) is 20.8. The lowest BCUT2D eigenvalue weighted by atomic mass is 10.3. The van der Waals surface area contributed by atoms with Crippen molar-refractivity contribution in [1.82, 2.24) is 10.3 Å². The normalized spacial score (nSPS) is 10.4. The van der Waals surface area contributed by atoms with E-state index in [1.54, 1.807) is 23.6 Å². The van der Waals surface area contributed by atoms with Crippen LogP contribution in [0.15, 0.2) is 46.2 Å². The van der Waals surface area contributed by atoms with Crippen LogP contribution in [0.3, 0.4) is 0 Å². The fraction of sp³-hybridized carbons (Fsp3) is 0.167. The number of nitrogens with one attached hydrogen (secondary N) is 2. The van der Waals surface area contributed by atoms with Crippen LogP contribution >= 0.6 is 11.3 Å². The molecule has 10 nitrogen and oxygen atoms in total. The van der Waals surface area contributed by atoms with E-state index in [1.165, 1.54) is 36.5 Å². The van der Waals surface area contributed by atoms with Gasteiger partial charge in [-0.05, 0) is 18.2 Å². The Morgan fingerprint density at radius 3 is 2.83 bits per heavy atom. The van der Waals surface area contributed by atoms with Gasteiger partial charge in [0.2, 0.25) is 5.91 Å². The molecule has 1 aromatic carbocycles. The minimum absolute atomic E-state index is 0.00904. The molecule has 0 unspecified atom stereocenters. The van der Waals surface area contributed by atoms with Gasteiger partial charge in [0, 0.05) is 18.4 Å². The number of nitro groups is 1. The number of para-hydroxylation sites is 2. The largest absolute Gasteiger partial charge is 0.477 e. The van der Waals surface area contributed by atoms with Gasteiger partial charge in [0.1, 0.15) is 11.5 Å². The molecule has 0 aliphatic rings. The van der Waals surface area contributed by atoms with E-state index in [4.69, 9.17) is 9.15 Å².